The number of para-hydroxylation sites is 1. The fourth-order valence-corrected chi connectivity index (χ4v) is 2.40. The third-order valence-corrected chi connectivity index (χ3v) is 3.73. The van der Waals surface area contributed by atoms with E-state index >= 15 is 0 Å². The van der Waals surface area contributed by atoms with E-state index in [2.05, 4.69) is 22.1 Å². The molecule has 5 heteroatoms. The summed E-state index contributed by atoms with van der Waals surface area (Å²) < 4.78 is 5.45. The van der Waals surface area contributed by atoms with Crippen LogP contribution in [0.1, 0.15) is 10.4 Å². The molecule has 0 bridgehead atoms. The number of carbonyl (C=O) groups excluding carboxylic acids is 1. The average molecular weight is 339 g/mol. The molecule has 120 valence electrons. The van der Waals surface area contributed by atoms with Crippen molar-refractivity contribution in [1.29, 1.82) is 0 Å². The maximum absolute atomic E-state index is 12.1. The van der Waals surface area contributed by atoms with Crippen LogP contribution >= 0.6 is 11.6 Å². The Balaban J connectivity index is 1.48. The molecule has 0 aliphatic carbocycles. The number of rotatable bonds is 4. The minimum absolute atomic E-state index is 0.153. The molecule has 0 fully saturated rings. The number of carbonyl (C=O) groups is 1. The summed E-state index contributed by atoms with van der Waals surface area (Å²) in [7, 11) is 0. The van der Waals surface area contributed by atoms with Gasteiger partial charge >= 0.3 is 0 Å². The quantitative estimate of drug-likeness (QED) is 0.714. The number of aromatic nitrogens is 1. The molecule has 0 atom stereocenters. The van der Waals surface area contributed by atoms with Gasteiger partial charge in [0.2, 0.25) is 0 Å². The molecule has 24 heavy (non-hydrogen) atoms. The number of H-pyrrole nitrogens is 1. The molecule has 0 spiro atoms. The van der Waals surface area contributed by atoms with Crippen molar-refractivity contribution < 1.29 is 9.53 Å². The van der Waals surface area contributed by atoms with Gasteiger partial charge in [0.05, 0.1) is 11.6 Å². The van der Waals surface area contributed by atoms with Gasteiger partial charge in [-0.15, -0.1) is 0 Å². The molecule has 3 rings (SSSR count). The van der Waals surface area contributed by atoms with Gasteiger partial charge in [-0.25, -0.2) is 0 Å². The number of amides is 1. The van der Waals surface area contributed by atoms with Gasteiger partial charge in [-0.05, 0) is 36.4 Å². The number of aromatic amines is 1. The third-order valence-electron chi connectivity index (χ3n) is 3.41. The normalized spacial score (nSPS) is 10.0. The van der Waals surface area contributed by atoms with Crippen LogP contribution in [0.25, 0.3) is 10.9 Å². The Morgan fingerprint density at radius 1 is 1.17 bits per heavy atom. The lowest BCUT2D eigenvalue weighted by atomic mass is 10.1. The molecule has 0 aliphatic rings. The van der Waals surface area contributed by atoms with Crippen molar-refractivity contribution in [3.63, 3.8) is 0 Å². The molecule has 0 aliphatic heterocycles. The minimum atomic E-state index is -0.153. The highest BCUT2D eigenvalue weighted by Crippen LogP contribution is 2.22. The van der Waals surface area contributed by atoms with Crippen LogP contribution in [0.2, 0.25) is 5.02 Å². The Hall–Kier alpha value is -2.90. The van der Waals surface area contributed by atoms with Crippen molar-refractivity contribution >= 4 is 28.4 Å². The Labute approximate surface area is 144 Å². The second-order valence-electron chi connectivity index (χ2n) is 5.04. The first-order valence-electron chi connectivity index (χ1n) is 7.42. The number of hydrogen-bond acceptors (Lipinski definition) is 2. The van der Waals surface area contributed by atoms with Crippen molar-refractivity contribution in [2.24, 2.45) is 0 Å². The largest absolute Gasteiger partial charge is 0.479 e. The summed E-state index contributed by atoms with van der Waals surface area (Å²) >= 11 is 5.97. The molecule has 1 heterocycles. The molecule has 0 unspecified atom stereocenters. The molecular formula is C19H15ClN2O2. The lowest BCUT2D eigenvalue weighted by Gasteiger charge is -2.03. The van der Waals surface area contributed by atoms with Crippen molar-refractivity contribution in [3.05, 3.63) is 65.3 Å². The summed E-state index contributed by atoms with van der Waals surface area (Å²) in [4.78, 5) is 15.2. The molecule has 0 saturated heterocycles. The predicted molar refractivity (Wildman–Crippen MR) is 95.4 cm³/mol. The Bertz CT molecular complexity index is 922. The van der Waals surface area contributed by atoms with Gasteiger partial charge in [-0.2, -0.15) is 0 Å². The van der Waals surface area contributed by atoms with Crippen LogP contribution < -0.4 is 10.1 Å². The second-order valence-corrected chi connectivity index (χ2v) is 5.44. The summed E-state index contributed by atoms with van der Waals surface area (Å²) in [6, 6.07) is 14.6. The van der Waals surface area contributed by atoms with Gasteiger partial charge in [-0.1, -0.05) is 35.6 Å². The van der Waals surface area contributed by atoms with Crippen molar-refractivity contribution in [3.8, 4) is 17.6 Å². The molecule has 2 N–H and O–H groups in total. The number of hydrogen-bond donors (Lipinski definition) is 2. The zero-order valence-corrected chi connectivity index (χ0v) is 13.6. The van der Waals surface area contributed by atoms with Gasteiger partial charge in [0, 0.05) is 22.7 Å². The zero-order valence-electron chi connectivity index (χ0n) is 12.8. The fourth-order valence-electron chi connectivity index (χ4n) is 2.21. The molecule has 2 aromatic carbocycles. The van der Waals surface area contributed by atoms with Gasteiger partial charge < -0.3 is 15.0 Å². The number of nitrogens with one attached hydrogen (secondary N) is 2. The topological polar surface area (TPSA) is 54.1 Å². The van der Waals surface area contributed by atoms with Crippen molar-refractivity contribution in [2.45, 2.75) is 0 Å². The zero-order chi connectivity index (χ0) is 16.8. The van der Waals surface area contributed by atoms with Crippen molar-refractivity contribution in [1.82, 2.24) is 10.3 Å². The molecule has 3 aromatic rings. The standard InChI is InChI=1S/C19H15ClN2O2/c20-16-5-1-2-6-18(16)24-12-4-3-10-22-19(23)15-7-8-17-14(13-15)9-11-21-17/h1-2,5-9,11,13,21H,10,12H2,(H,22,23). The summed E-state index contributed by atoms with van der Waals surface area (Å²) in [5, 5.41) is 4.31. The SMILES string of the molecule is O=C(NCC#CCOc1ccccc1Cl)c1ccc2[nH]ccc2c1. The predicted octanol–water partition coefficient (Wildman–Crippen LogP) is 3.63. The van der Waals surface area contributed by atoms with Crippen LogP contribution in [0.5, 0.6) is 5.75 Å². The Kier molecular flexibility index (Phi) is 5.05. The smallest absolute Gasteiger partial charge is 0.252 e. The number of halogens is 1. The van der Waals surface area contributed by atoms with E-state index in [9.17, 15) is 4.79 Å². The first-order chi connectivity index (χ1) is 11.7. The van der Waals surface area contributed by atoms with E-state index < -0.39 is 0 Å². The molecule has 1 amide bonds. The van der Waals surface area contributed by atoms with Gasteiger partial charge in [0.15, 0.2) is 0 Å². The lowest BCUT2D eigenvalue weighted by Crippen LogP contribution is -2.23. The van der Waals surface area contributed by atoms with E-state index in [0.29, 0.717) is 16.3 Å². The first kappa shape index (κ1) is 16.0. The molecule has 4 nitrogen and oxygen atoms in total. The van der Waals surface area contributed by atoms with Crippen LogP contribution in [0.3, 0.4) is 0 Å². The van der Waals surface area contributed by atoms with Crippen LogP contribution in [0.15, 0.2) is 54.7 Å². The van der Waals surface area contributed by atoms with E-state index in [1.54, 1.807) is 18.2 Å². The monoisotopic (exact) mass is 338 g/mol. The number of benzene rings is 2. The Morgan fingerprint density at radius 2 is 2.04 bits per heavy atom. The Morgan fingerprint density at radius 3 is 2.92 bits per heavy atom. The lowest BCUT2D eigenvalue weighted by molar-refractivity contribution is 0.0959. The molecular weight excluding hydrogens is 324 g/mol. The summed E-state index contributed by atoms with van der Waals surface area (Å²) in [6.45, 7) is 0.477. The fraction of sp³-hybridized carbons (Fsp3) is 0.105. The summed E-state index contributed by atoms with van der Waals surface area (Å²) in [5.41, 5.74) is 1.61. The molecule has 1 aromatic heterocycles. The molecule has 0 radical (unpaired) electrons. The highest BCUT2D eigenvalue weighted by atomic mass is 35.5. The average Bonchev–Trinajstić information content (AvgIpc) is 3.07. The highest BCUT2D eigenvalue weighted by molar-refractivity contribution is 6.32. The maximum atomic E-state index is 12.1. The second kappa shape index (κ2) is 7.58. The van der Waals surface area contributed by atoms with Gasteiger partial charge in [0.25, 0.3) is 5.91 Å². The van der Waals surface area contributed by atoms with E-state index in [4.69, 9.17) is 16.3 Å². The third kappa shape index (κ3) is 3.89. The maximum Gasteiger partial charge on any atom is 0.252 e. The van der Waals surface area contributed by atoms with Crippen LogP contribution in [0, 0.1) is 11.8 Å². The number of fused-ring (bicyclic) bond motifs is 1. The highest BCUT2D eigenvalue weighted by Gasteiger charge is 2.05. The van der Waals surface area contributed by atoms with Crippen LogP contribution in [0.4, 0.5) is 0 Å². The van der Waals surface area contributed by atoms with E-state index in [1.165, 1.54) is 0 Å². The summed E-state index contributed by atoms with van der Waals surface area (Å²) in [6.07, 6.45) is 1.84. The van der Waals surface area contributed by atoms with Crippen LogP contribution in [-0.2, 0) is 0 Å². The van der Waals surface area contributed by atoms with Gasteiger partial charge in [0.1, 0.15) is 12.4 Å². The van der Waals surface area contributed by atoms with Crippen molar-refractivity contribution in [2.75, 3.05) is 13.2 Å². The first-order valence-corrected chi connectivity index (χ1v) is 7.80. The summed E-state index contributed by atoms with van der Waals surface area (Å²) in [5.74, 6) is 6.14. The van der Waals surface area contributed by atoms with E-state index in [1.807, 2.05) is 36.5 Å². The van der Waals surface area contributed by atoms with Gasteiger partial charge in [-0.3, -0.25) is 4.79 Å². The van der Waals surface area contributed by atoms with Crippen LogP contribution in [-0.4, -0.2) is 24.0 Å². The number of ether oxygens (including phenoxy) is 1. The van der Waals surface area contributed by atoms with E-state index in [0.717, 1.165) is 10.9 Å². The minimum Gasteiger partial charge on any atom is -0.479 e. The van der Waals surface area contributed by atoms with E-state index in [-0.39, 0.29) is 19.1 Å². The molecule has 0 saturated carbocycles.